The van der Waals surface area contributed by atoms with E-state index in [0.29, 0.717) is 5.56 Å². The minimum Gasteiger partial charge on any atom is -0.278 e. The van der Waals surface area contributed by atoms with E-state index in [1.54, 1.807) is 17.0 Å². The summed E-state index contributed by atoms with van der Waals surface area (Å²) in [5.41, 5.74) is 2.15. The normalized spacial score (nSPS) is 17.7. The number of amides is 1. The second-order valence-corrected chi connectivity index (χ2v) is 4.08. The Morgan fingerprint density at radius 1 is 0.944 bits per heavy atom. The molecule has 1 amide bonds. The molecule has 1 atom stereocenters. The first-order chi connectivity index (χ1) is 8.83. The first kappa shape index (κ1) is 10.7. The van der Waals surface area contributed by atoms with E-state index in [4.69, 9.17) is 0 Å². The van der Waals surface area contributed by atoms with E-state index >= 15 is 0 Å². The molecule has 0 bridgehead atoms. The number of carbonyl (C=O) groups is 1. The maximum Gasteiger partial charge on any atom is 0.264 e. The van der Waals surface area contributed by atoms with Crippen LogP contribution in [0.3, 0.4) is 0 Å². The molecule has 1 aliphatic rings. The van der Waals surface area contributed by atoms with E-state index in [9.17, 15) is 9.70 Å². The summed E-state index contributed by atoms with van der Waals surface area (Å²) < 4.78 is 0. The zero-order valence-corrected chi connectivity index (χ0v) is 9.48. The molecule has 0 spiro atoms. The lowest BCUT2D eigenvalue weighted by Crippen LogP contribution is -2.22. The number of anilines is 2. The van der Waals surface area contributed by atoms with Gasteiger partial charge in [0.25, 0.3) is 5.91 Å². The van der Waals surface area contributed by atoms with Crippen molar-refractivity contribution in [3.05, 3.63) is 65.1 Å². The van der Waals surface area contributed by atoms with Crippen molar-refractivity contribution in [2.75, 3.05) is 4.90 Å². The Balaban J connectivity index is 2.17. The largest absolute Gasteiger partial charge is 0.278 e. The van der Waals surface area contributed by atoms with E-state index in [0.717, 1.165) is 11.4 Å². The smallest absolute Gasteiger partial charge is 0.264 e. The summed E-state index contributed by atoms with van der Waals surface area (Å²) in [6.45, 7) is 0. The third kappa shape index (κ3) is 1.43. The van der Waals surface area contributed by atoms with E-state index in [-0.39, 0.29) is 5.91 Å². The van der Waals surface area contributed by atoms with Crippen LogP contribution >= 0.6 is 0 Å². The molecule has 0 aromatic heterocycles. The maximum atomic E-state index is 12.2. The summed E-state index contributed by atoms with van der Waals surface area (Å²) in [5.74, 6) is -0.294. The molecule has 1 aliphatic heterocycles. The minimum absolute atomic E-state index is 0.294. The highest BCUT2D eigenvalue weighted by molar-refractivity contribution is 6.10. The van der Waals surface area contributed by atoms with E-state index in [1.165, 1.54) is 0 Å². The lowest BCUT2D eigenvalue weighted by atomic mass is 10.1. The van der Waals surface area contributed by atoms with E-state index in [1.807, 2.05) is 42.5 Å². The number of benzene rings is 2. The van der Waals surface area contributed by atoms with Gasteiger partial charge in [-0.1, -0.05) is 41.6 Å². The standard InChI is InChI=1S/C14H10N2O2/c17-14-13(15-18)11-8-4-5-9-12(11)16(14)10-6-2-1-3-7-10/h1-9,13H. The highest BCUT2D eigenvalue weighted by Gasteiger charge is 2.38. The number of carbonyl (C=O) groups excluding carboxylic acids is 1. The van der Waals surface area contributed by atoms with Gasteiger partial charge >= 0.3 is 0 Å². The molecule has 4 nitrogen and oxygen atoms in total. The number of hydrogen-bond donors (Lipinski definition) is 0. The molecule has 3 rings (SSSR count). The summed E-state index contributed by atoms with van der Waals surface area (Å²) in [7, 11) is 0. The number of fused-ring (bicyclic) bond motifs is 1. The summed E-state index contributed by atoms with van der Waals surface area (Å²) >= 11 is 0. The van der Waals surface area contributed by atoms with Crippen molar-refractivity contribution in [1.29, 1.82) is 0 Å². The Morgan fingerprint density at radius 2 is 1.61 bits per heavy atom. The third-order valence-electron chi connectivity index (χ3n) is 3.05. The predicted octanol–water partition coefficient (Wildman–Crippen LogP) is 3.17. The van der Waals surface area contributed by atoms with Gasteiger partial charge in [0.1, 0.15) is 0 Å². The fraction of sp³-hybridized carbons (Fsp3) is 0.0714. The molecular formula is C14H10N2O2. The Labute approximate surface area is 104 Å². The highest BCUT2D eigenvalue weighted by Crippen LogP contribution is 2.41. The van der Waals surface area contributed by atoms with Crippen LogP contribution in [0.15, 0.2) is 59.8 Å². The average Bonchev–Trinajstić information content (AvgIpc) is 2.71. The van der Waals surface area contributed by atoms with E-state index < -0.39 is 6.04 Å². The van der Waals surface area contributed by atoms with Gasteiger partial charge in [-0.15, -0.1) is 4.91 Å². The Kier molecular flexibility index (Phi) is 2.41. The molecule has 0 N–H and O–H groups in total. The van der Waals surface area contributed by atoms with Crippen molar-refractivity contribution >= 4 is 17.3 Å². The van der Waals surface area contributed by atoms with Crippen molar-refractivity contribution in [2.45, 2.75) is 6.04 Å². The van der Waals surface area contributed by atoms with Gasteiger partial charge in [-0.25, -0.2) is 0 Å². The van der Waals surface area contributed by atoms with Crippen LogP contribution in [0, 0.1) is 4.91 Å². The monoisotopic (exact) mass is 238 g/mol. The van der Waals surface area contributed by atoms with Crippen LogP contribution in [-0.2, 0) is 4.79 Å². The van der Waals surface area contributed by atoms with Crippen LogP contribution in [0.5, 0.6) is 0 Å². The fourth-order valence-electron chi connectivity index (χ4n) is 2.24. The molecule has 2 aromatic carbocycles. The molecular weight excluding hydrogens is 228 g/mol. The summed E-state index contributed by atoms with van der Waals surface area (Å²) in [6.07, 6.45) is 0. The minimum atomic E-state index is -0.929. The third-order valence-corrected chi connectivity index (χ3v) is 3.05. The van der Waals surface area contributed by atoms with Gasteiger partial charge in [-0.3, -0.25) is 9.69 Å². The molecule has 88 valence electrons. The van der Waals surface area contributed by atoms with Gasteiger partial charge in [0.2, 0.25) is 0 Å². The second-order valence-electron chi connectivity index (χ2n) is 4.08. The summed E-state index contributed by atoms with van der Waals surface area (Å²) in [5, 5.41) is 2.94. The van der Waals surface area contributed by atoms with Crippen molar-refractivity contribution in [3.8, 4) is 0 Å². The van der Waals surface area contributed by atoms with Crippen molar-refractivity contribution in [2.24, 2.45) is 5.18 Å². The van der Waals surface area contributed by atoms with Gasteiger partial charge < -0.3 is 0 Å². The molecule has 0 saturated carbocycles. The first-order valence-corrected chi connectivity index (χ1v) is 5.63. The second kappa shape index (κ2) is 4.07. The molecule has 2 aromatic rings. The highest BCUT2D eigenvalue weighted by atomic mass is 16.3. The van der Waals surface area contributed by atoms with Crippen molar-refractivity contribution < 1.29 is 4.79 Å². The molecule has 0 fully saturated rings. The van der Waals surface area contributed by atoms with Crippen LogP contribution < -0.4 is 4.90 Å². The zero-order valence-electron chi connectivity index (χ0n) is 9.48. The summed E-state index contributed by atoms with van der Waals surface area (Å²) in [4.78, 5) is 24.6. The molecule has 0 saturated heterocycles. The van der Waals surface area contributed by atoms with Gasteiger partial charge in [0, 0.05) is 11.3 Å². The Morgan fingerprint density at radius 3 is 2.33 bits per heavy atom. The van der Waals surface area contributed by atoms with E-state index in [2.05, 4.69) is 5.18 Å². The number of nitrogens with zero attached hydrogens (tertiary/aromatic N) is 2. The maximum absolute atomic E-state index is 12.2. The Bertz CT molecular complexity index is 610. The average molecular weight is 238 g/mol. The lowest BCUT2D eigenvalue weighted by Gasteiger charge is -2.17. The molecule has 4 heteroatoms. The van der Waals surface area contributed by atoms with Gasteiger partial charge in [-0.2, -0.15) is 0 Å². The quantitative estimate of drug-likeness (QED) is 0.754. The SMILES string of the molecule is O=NC1C(=O)N(c2ccccc2)c2ccccc21. The predicted molar refractivity (Wildman–Crippen MR) is 68.6 cm³/mol. The Hall–Kier alpha value is -2.49. The first-order valence-electron chi connectivity index (χ1n) is 5.63. The molecule has 1 unspecified atom stereocenters. The molecule has 1 heterocycles. The van der Waals surface area contributed by atoms with Crippen molar-refractivity contribution in [3.63, 3.8) is 0 Å². The van der Waals surface area contributed by atoms with Crippen LogP contribution in [0.2, 0.25) is 0 Å². The van der Waals surface area contributed by atoms with Crippen molar-refractivity contribution in [1.82, 2.24) is 0 Å². The van der Waals surface area contributed by atoms with Crippen LogP contribution in [0.25, 0.3) is 0 Å². The molecule has 18 heavy (non-hydrogen) atoms. The number of nitroso groups, excluding NO2 is 1. The topological polar surface area (TPSA) is 49.7 Å². The van der Waals surface area contributed by atoms with Crippen LogP contribution in [-0.4, -0.2) is 5.91 Å². The fourth-order valence-corrected chi connectivity index (χ4v) is 2.24. The molecule has 0 aliphatic carbocycles. The zero-order chi connectivity index (χ0) is 12.5. The van der Waals surface area contributed by atoms with Gasteiger partial charge in [-0.05, 0) is 18.2 Å². The summed E-state index contributed by atoms with van der Waals surface area (Å²) in [6, 6.07) is 15.6. The number of rotatable bonds is 2. The number of hydrogen-bond acceptors (Lipinski definition) is 3. The molecule has 0 radical (unpaired) electrons. The van der Waals surface area contributed by atoms with Gasteiger partial charge in [0.15, 0.2) is 6.04 Å². The van der Waals surface area contributed by atoms with Crippen LogP contribution in [0.1, 0.15) is 11.6 Å². The van der Waals surface area contributed by atoms with Gasteiger partial charge in [0.05, 0.1) is 5.69 Å². The van der Waals surface area contributed by atoms with Crippen LogP contribution in [0.4, 0.5) is 11.4 Å². The number of para-hydroxylation sites is 2. The lowest BCUT2D eigenvalue weighted by molar-refractivity contribution is -0.118.